The van der Waals surface area contributed by atoms with Gasteiger partial charge in [-0.15, -0.1) is 12.4 Å². The zero-order chi connectivity index (χ0) is 18.2. The molecule has 0 radical (unpaired) electrons. The maximum Gasteiger partial charge on any atom is 0.270 e. The summed E-state index contributed by atoms with van der Waals surface area (Å²) in [5.74, 6) is 0.621. The number of likely N-dealkylation sites (tertiary alicyclic amines) is 1. The molecule has 9 nitrogen and oxygen atoms in total. The third-order valence-electron chi connectivity index (χ3n) is 4.84. The van der Waals surface area contributed by atoms with Crippen LogP contribution in [0.1, 0.15) is 0 Å². The predicted molar refractivity (Wildman–Crippen MR) is 96.6 cm³/mol. The van der Waals surface area contributed by atoms with Gasteiger partial charge >= 0.3 is 0 Å². The van der Waals surface area contributed by atoms with Gasteiger partial charge in [0.05, 0.1) is 16.4 Å². The van der Waals surface area contributed by atoms with Gasteiger partial charge < -0.3 is 10.2 Å². The molecule has 2 atom stereocenters. The van der Waals surface area contributed by atoms with E-state index in [1.165, 1.54) is 25.2 Å². The monoisotopic (exact) mass is 404 g/mol. The van der Waals surface area contributed by atoms with Crippen molar-refractivity contribution in [1.29, 1.82) is 0 Å². The Bertz CT molecular complexity index is 791. The second-order valence-electron chi connectivity index (χ2n) is 6.49. The standard InChI is InChI=1S/C15H20N4O5S.ClH/c1-17(10-15(20)18-8-11-6-16-7-12(11)9-18)25(23,24)14-4-2-3-13(5-14)19(21)22;/h2-5,11-12,16H,6-10H2,1H3;1H/t11-,12+;. The number of carbonyl (C=O) groups excluding carboxylic acids is 1. The molecule has 2 aliphatic rings. The van der Waals surface area contributed by atoms with Crippen LogP contribution in [0.2, 0.25) is 0 Å². The van der Waals surface area contributed by atoms with Crippen molar-refractivity contribution >= 4 is 34.0 Å². The van der Waals surface area contributed by atoms with Gasteiger partial charge in [0.1, 0.15) is 0 Å². The zero-order valence-corrected chi connectivity index (χ0v) is 15.8. The molecular weight excluding hydrogens is 384 g/mol. The van der Waals surface area contributed by atoms with Gasteiger partial charge in [0, 0.05) is 45.4 Å². The molecule has 0 aliphatic carbocycles. The average molecular weight is 405 g/mol. The van der Waals surface area contributed by atoms with Crippen molar-refractivity contribution < 1.29 is 18.1 Å². The first-order chi connectivity index (χ1) is 11.8. The van der Waals surface area contributed by atoms with Crippen molar-refractivity contribution in [2.75, 3.05) is 39.8 Å². The Labute approximate surface area is 158 Å². The molecule has 1 aromatic rings. The molecule has 1 N–H and O–H groups in total. The number of fused-ring (bicyclic) bond motifs is 1. The number of non-ortho nitro benzene ring substituents is 1. The molecule has 26 heavy (non-hydrogen) atoms. The Morgan fingerprint density at radius 2 is 1.96 bits per heavy atom. The minimum atomic E-state index is -3.97. The Morgan fingerprint density at radius 1 is 1.35 bits per heavy atom. The number of likely N-dealkylation sites (N-methyl/N-ethyl adjacent to an activating group) is 1. The highest BCUT2D eigenvalue weighted by atomic mass is 35.5. The molecule has 2 aliphatic heterocycles. The minimum absolute atomic E-state index is 0. The fraction of sp³-hybridized carbons (Fsp3) is 0.533. The van der Waals surface area contributed by atoms with E-state index in [-0.39, 0.29) is 35.4 Å². The fourth-order valence-electron chi connectivity index (χ4n) is 3.37. The smallest absolute Gasteiger partial charge is 0.270 e. The van der Waals surface area contributed by atoms with E-state index in [1.807, 2.05) is 0 Å². The van der Waals surface area contributed by atoms with E-state index >= 15 is 0 Å². The summed E-state index contributed by atoms with van der Waals surface area (Å²) in [6.07, 6.45) is 0. The highest BCUT2D eigenvalue weighted by Crippen LogP contribution is 2.26. The van der Waals surface area contributed by atoms with Crippen LogP contribution in [0.3, 0.4) is 0 Å². The maximum atomic E-state index is 12.6. The molecule has 144 valence electrons. The molecule has 11 heteroatoms. The minimum Gasteiger partial charge on any atom is -0.341 e. The van der Waals surface area contributed by atoms with Crippen LogP contribution in [-0.2, 0) is 14.8 Å². The normalized spacial score (nSPS) is 22.2. The molecule has 1 aromatic carbocycles. The number of nitro benzene ring substituents is 1. The van der Waals surface area contributed by atoms with Gasteiger partial charge in [-0.25, -0.2) is 8.42 Å². The van der Waals surface area contributed by atoms with E-state index in [9.17, 15) is 23.3 Å². The molecule has 3 rings (SSSR count). The lowest BCUT2D eigenvalue weighted by Gasteiger charge is -2.22. The number of nitro groups is 1. The van der Waals surface area contributed by atoms with Crippen LogP contribution in [0.4, 0.5) is 5.69 Å². The van der Waals surface area contributed by atoms with E-state index in [2.05, 4.69) is 5.32 Å². The fourth-order valence-corrected chi connectivity index (χ4v) is 4.53. The third-order valence-corrected chi connectivity index (χ3v) is 6.64. The lowest BCUT2D eigenvalue weighted by molar-refractivity contribution is -0.385. The lowest BCUT2D eigenvalue weighted by Crippen LogP contribution is -2.41. The number of rotatable bonds is 5. The third kappa shape index (κ3) is 3.98. The topological polar surface area (TPSA) is 113 Å². The molecule has 1 amide bonds. The first kappa shape index (κ1) is 20.6. The zero-order valence-electron chi connectivity index (χ0n) is 14.2. The average Bonchev–Trinajstić information content (AvgIpc) is 3.16. The number of sulfonamides is 1. The summed E-state index contributed by atoms with van der Waals surface area (Å²) in [6.45, 7) is 2.77. The molecule has 0 bridgehead atoms. The number of nitrogens with one attached hydrogen (secondary N) is 1. The van der Waals surface area contributed by atoms with E-state index < -0.39 is 14.9 Å². The van der Waals surface area contributed by atoms with Crippen LogP contribution in [0, 0.1) is 22.0 Å². The Morgan fingerprint density at radius 3 is 2.54 bits per heavy atom. The summed E-state index contributed by atoms with van der Waals surface area (Å²) in [7, 11) is -2.66. The Balaban J connectivity index is 0.00000243. The van der Waals surface area contributed by atoms with Crippen LogP contribution >= 0.6 is 12.4 Å². The number of amides is 1. The van der Waals surface area contributed by atoms with Crippen molar-refractivity contribution in [3.05, 3.63) is 34.4 Å². The van der Waals surface area contributed by atoms with Crippen LogP contribution in [0.15, 0.2) is 29.2 Å². The molecule has 0 spiro atoms. The summed E-state index contributed by atoms with van der Waals surface area (Å²) < 4.78 is 26.1. The molecule has 2 saturated heterocycles. The first-order valence-electron chi connectivity index (χ1n) is 7.98. The predicted octanol–water partition coefficient (Wildman–Crippen LogP) is 0.315. The Hall–Kier alpha value is -1.75. The van der Waals surface area contributed by atoms with E-state index in [0.29, 0.717) is 24.9 Å². The van der Waals surface area contributed by atoms with Crippen LogP contribution in [0.5, 0.6) is 0 Å². The number of hydrogen-bond acceptors (Lipinski definition) is 6. The van der Waals surface area contributed by atoms with Gasteiger partial charge in [0.25, 0.3) is 5.69 Å². The molecule has 2 heterocycles. The summed E-state index contributed by atoms with van der Waals surface area (Å²) in [4.78, 5) is 24.1. The van der Waals surface area contributed by atoms with Gasteiger partial charge in [0.2, 0.25) is 15.9 Å². The second-order valence-corrected chi connectivity index (χ2v) is 8.54. The van der Waals surface area contributed by atoms with Crippen molar-refractivity contribution in [3.8, 4) is 0 Å². The van der Waals surface area contributed by atoms with E-state index in [1.54, 1.807) is 4.90 Å². The highest BCUT2D eigenvalue weighted by Gasteiger charge is 2.38. The van der Waals surface area contributed by atoms with Gasteiger partial charge in [-0.2, -0.15) is 4.31 Å². The van der Waals surface area contributed by atoms with Crippen molar-refractivity contribution in [2.45, 2.75) is 4.90 Å². The molecule has 0 aromatic heterocycles. The van der Waals surface area contributed by atoms with Gasteiger partial charge in [-0.05, 0) is 17.9 Å². The molecule has 0 unspecified atom stereocenters. The number of carbonyl (C=O) groups is 1. The van der Waals surface area contributed by atoms with E-state index in [0.717, 1.165) is 23.5 Å². The van der Waals surface area contributed by atoms with Crippen LogP contribution in [0.25, 0.3) is 0 Å². The summed E-state index contributed by atoms with van der Waals surface area (Å²) in [6, 6.07) is 4.83. The van der Waals surface area contributed by atoms with Crippen molar-refractivity contribution in [1.82, 2.24) is 14.5 Å². The largest absolute Gasteiger partial charge is 0.341 e. The van der Waals surface area contributed by atoms with Crippen LogP contribution in [-0.4, -0.2) is 68.2 Å². The maximum absolute atomic E-state index is 12.6. The summed E-state index contributed by atoms with van der Waals surface area (Å²) in [5.41, 5.74) is -0.305. The highest BCUT2D eigenvalue weighted by molar-refractivity contribution is 7.89. The van der Waals surface area contributed by atoms with Gasteiger partial charge in [0.15, 0.2) is 0 Å². The second kappa shape index (κ2) is 7.87. The SMILES string of the molecule is CN(CC(=O)N1C[C@H]2CNC[C@H]2C1)S(=O)(=O)c1cccc([N+](=O)[O-])c1.Cl. The van der Waals surface area contributed by atoms with Crippen molar-refractivity contribution in [3.63, 3.8) is 0 Å². The number of halogens is 1. The van der Waals surface area contributed by atoms with Crippen molar-refractivity contribution in [2.24, 2.45) is 11.8 Å². The summed E-state index contributed by atoms with van der Waals surface area (Å²) in [5, 5.41) is 14.1. The molecular formula is C15H21ClN4O5S. The number of benzene rings is 1. The van der Waals surface area contributed by atoms with Gasteiger partial charge in [-0.3, -0.25) is 14.9 Å². The quantitative estimate of drug-likeness (QED) is 0.558. The van der Waals surface area contributed by atoms with E-state index in [4.69, 9.17) is 0 Å². The molecule has 0 saturated carbocycles. The Kier molecular flexibility index (Phi) is 6.22. The lowest BCUT2D eigenvalue weighted by atomic mass is 10.0. The number of hydrogen-bond donors (Lipinski definition) is 1. The summed E-state index contributed by atoms with van der Waals surface area (Å²) >= 11 is 0. The molecule has 2 fully saturated rings. The number of nitrogens with zero attached hydrogens (tertiary/aromatic N) is 3. The van der Waals surface area contributed by atoms with Gasteiger partial charge in [-0.1, -0.05) is 6.07 Å². The first-order valence-corrected chi connectivity index (χ1v) is 9.42. The van der Waals surface area contributed by atoms with Crippen LogP contribution < -0.4 is 5.32 Å².